The molecule has 25 heavy (non-hydrogen) atoms. The van der Waals surface area contributed by atoms with Gasteiger partial charge < -0.3 is 10.1 Å². The van der Waals surface area contributed by atoms with Gasteiger partial charge in [0.1, 0.15) is 0 Å². The van der Waals surface area contributed by atoms with E-state index in [-0.39, 0.29) is 23.5 Å². The van der Waals surface area contributed by atoms with Crippen LogP contribution in [0.25, 0.3) is 0 Å². The molecule has 2 aromatic rings. The number of hydrogen-bond acceptors (Lipinski definition) is 6. The van der Waals surface area contributed by atoms with Crippen LogP contribution in [-0.4, -0.2) is 28.7 Å². The molecule has 5 nitrogen and oxygen atoms in total. The second-order valence-corrected chi connectivity index (χ2v) is 7.36. The first-order chi connectivity index (χ1) is 12.1. The predicted octanol–water partition coefficient (Wildman–Crippen LogP) is 3.90. The normalized spacial score (nSPS) is 11.8. The quantitative estimate of drug-likeness (QED) is 0.670. The number of ether oxygens (including phenoxy) is 1. The van der Waals surface area contributed by atoms with Gasteiger partial charge >= 0.3 is 5.97 Å². The van der Waals surface area contributed by atoms with E-state index < -0.39 is 0 Å². The van der Waals surface area contributed by atoms with Gasteiger partial charge in [-0.1, -0.05) is 37.3 Å². The summed E-state index contributed by atoms with van der Waals surface area (Å²) in [7, 11) is 0. The van der Waals surface area contributed by atoms with Crippen LogP contribution >= 0.6 is 23.1 Å². The first-order valence-corrected chi connectivity index (χ1v) is 10.1. The largest absolute Gasteiger partial charge is 0.466 e. The fraction of sp³-hybridized carbons (Fsp3) is 0.389. The SMILES string of the molecule is CCOC(=O)Cc1csc(NC(=O)C(CC)SCc2ccccc2)n1. The predicted molar refractivity (Wildman–Crippen MR) is 103 cm³/mol. The number of benzene rings is 1. The molecule has 1 atom stereocenters. The van der Waals surface area contributed by atoms with E-state index in [4.69, 9.17) is 4.74 Å². The standard InChI is InChI=1S/C18H22N2O3S2/c1-3-15(24-11-13-8-6-5-7-9-13)17(22)20-18-19-14(12-25-18)10-16(21)23-4-2/h5-9,12,15H,3-4,10-11H2,1-2H3,(H,19,20,22). The Morgan fingerprint density at radius 1 is 1.28 bits per heavy atom. The van der Waals surface area contributed by atoms with Gasteiger partial charge in [0.25, 0.3) is 0 Å². The Hall–Kier alpha value is -1.86. The Morgan fingerprint density at radius 2 is 2.04 bits per heavy atom. The smallest absolute Gasteiger partial charge is 0.311 e. The zero-order valence-electron chi connectivity index (χ0n) is 14.4. The summed E-state index contributed by atoms with van der Waals surface area (Å²) in [6, 6.07) is 10.1. The molecule has 2 rings (SSSR count). The van der Waals surface area contributed by atoms with E-state index in [1.54, 1.807) is 24.1 Å². The number of thiazole rings is 1. The van der Waals surface area contributed by atoms with Crippen LogP contribution in [0.4, 0.5) is 5.13 Å². The van der Waals surface area contributed by atoms with Crippen LogP contribution in [0, 0.1) is 0 Å². The van der Waals surface area contributed by atoms with Gasteiger partial charge in [0.15, 0.2) is 5.13 Å². The Bertz CT molecular complexity index is 689. The molecule has 1 aromatic heterocycles. The van der Waals surface area contributed by atoms with Crippen molar-refractivity contribution in [3.63, 3.8) is 0 Å². The first kappa shape index (κ1) is 19.5. The lowest BCUT2D eigenvalue weighted by Crippen LogP contribution is -2.24. The second kappa shape index (κ2) is 10.2. The summed E-state index contributed by atoms with van der Waals surface area (Å²) < 4.78 is 4.90. The van der Waals surface area contributed by atoms with Gasteiger partial charge in [-0.3, -0.25) is 9.59 Å². The molecule has 1 amide bonds. The molecule has 0 saturated heterocycles. The van der Waals surface area contributed by atoms with Crippen LogP contribution in [0.1, 0.15) is 31.5 Å². The molecule has 0 spiro atoms. The van der Waals surface area contributed by atoms with Gasteiger partial charge in [0.05, 0.1) is 24.0 Å². The van der Waals surface area contributed by atoms with Crippen molar-refractivity contribution in [2.45, 2.75) is 37.7 Å². The number of nitrogens with one attached hydrogen (secondary N) is 1. The number of thioether (sulfide) groups is 1. The van der Waals surface area contributed by atoms with Gasteiger partial charge in [0.2, 0.25) is 5.91 Å². The molecule has 1 unspecified atom stereocenters. The highest BCUT2D eigenvalue weighted by Crippen LogP contribution is 2.23. The molecular formula is C18H22N2O3S2. The summed E-state index contributed by atoms with van der Waals surface area (Å²) in [6.45, 7) is 4.11. The zero-order valence-corrected chi connectivity index (χ0v) is 16.0. The number of carbonyl (C=O) groups is 2. The van der Waals surface area contributed by atoms with Gasteiger partial charge in [-0.25, -0.2) is 4.98 Å². The second-order valence-electron chi connectivity index (χ2n) is 5.31. The molecular weight excluding hydrogens is 356 g/mol. The number of amides is 1. The van der Waals surface area contributed by atoms with Crippen molar-refractivity contribution in [2.24, 2.45) is 0 Å². The molecule has 0 fully saturated rings. The fourth-order valence-corrected chi connectivity index (χ4v) is 3.89. The minimum absolute atomic E-state index is 0.0551. The number of esters is 1. The van der Waals surface area contributed by atoms with E-state index in [0.717, 1.165) is 12.2 Å². The van der Waals surface area contributed by atoms with Crippen molar-refractivity contribution in [2.75, 3.05) is 11.9 Å². The summed E-state index contributed by atoms with van der Waals surface area (Å²) in [5, 5.41) is 4.99. The van der Waals surface area contributed by atoms with E-state index in [1.165, 1.54) is 16.9 Å². The topological polar surface area (TPSA) is 68.3 Å². The maximum Gasteiger partial charge on any atom is 0.311 e. The third-order valence-corrected chi connectivity index (χ3v) is 5.63. The Balaban J connectivity index is 1.86. The lowest BCUT2D eigenvalue weighted by Gasteiger charge is -2.13. The number of anilines is 1. The van der Waals surface area contributed by atoms with E-state index in [9.17, 15) is 9.59 Å². The van der Waals surface area contributed by atoms with Crippen LogP contribution < -0.4 is 5.32 Å². The molecule has 1 heterocycles. The van der Waals surface area contributed by atoms with Crippen LogP contribution in [-0.2, 0) is 26.5 Å². The molecule has 0 aliphatic rings. The summed E-state index contributed by atoms with van der Waals surface area (Å²) in [5.41, 5.74) is 1.81. The van der Waals surface area contributed by atoms with Crippen LogP contribution in [0.3, 0.4) is 0 Å². The summed E-state index contributed by atoms with van der Waals surface area (Å²) in [6.07, 6.45) is 0.866. The van der Waals surface area contributed by atoms with E-state index >= 15 is 0 Å². The first-order valence-electron chi connectivity index (χ1n) is 8.18. The average Bonchev–Trinajstić information content (AvgIpc) is 3.03. The molecule has 0 saturated carbocycles. The molecule has 1 N–H and O–H groups in total. The Morgan fingerprint density at radius 3 is 2.72 bits per heavy atom. The van der Waals surface area contributed by atoms with Crippen LogP contribution in [0.5, 0.6) is 0 Å². The monoisotopic (exact) mass is 378 g/mol. The highest BCUT2D eigenvalue weighted by atomic mass is 32.2. The fourth-order valence-electron chi connectivity index (χ4n) is 2.14. The maximum absolute atomic E-state index is 12.4. The van der Waals surface area contributed by atoms with E-state index in [2.05, 4.69) is 22.4 Å². The maximum atomic E-state index is 12.4. The number of carbonyl (C=O) groups excluding carboxylic acids is 2. The number of rotatable bonds is 9. The van der Waals surface area contributed by atoms with E-state index in [1.807, 2.05) is 25.1 Å². The number of aromatic nitrogens is 1. The third-order valence-electron chi connectivity index (χ3n) is 3.37. The lowest BCUT2D eigenvalue weighted by molar-refractivity contribution is -0.142. The van der Waals surface area contributed by atoms with Gasteiger partial charge in [0, 0.05) is 11.1 Å². The Labute approximate surface area is 156 Å². The van der Waals surface area contributed by atoms with Gasteiger partial charge in [-0.05, 0) is 18.9 Å². The summed E-state index contributed by atoms with van der Waals surface area (Å²) >= 11 is 2.94. The van der Waals surface area contributed by atoms with E-state index in [0.29, 0.717) is 17.4 Å². The van der Waals surface area contributed by atoms with Crippen molar-refractivity contribution in [1.29, 1.82) is 0 Å². The van der Waals surface area contributed by atoms with Crippen LogP contribution in [0.2, 0.25) is 0 Å². The number of nitrogens with zero attached hydrogens (tertiary/aromatic N) is 1. The van der Waals surface area contributed by atoms with Gasteiger partial charge in [-0.15, -0.1) is 23.1 Å². The minimum Gasteiger partial charge on any atom is -0.466 e. The molecule has 0 aliphatic carbocycles. The molecule has 0 aliphatic heterocycles. The van der Waals surface area contributed by atoms with Crippen molar-refractivity contribution in [3.8, 4) is 0 Å². The Kier molecular flexibility index (Phi) is 7.94. The highest BCUT2D eigenvalue weighted by Gasteiger charge is 2.19. The van der Waals surface area contributed by atoms with Crippen LogP contribution in [0.15, 0.2) is 35.7 Å². The molecule has 0 radical (unpaired) electrons. The van der Waals surface area contributed by atoms with Crippen molar-refractivity contribution >= 4 is 40.1 Å². The number of hydrogen-bond donors (Lipinski definition) is 1. The third kappa shape index (κ3) is 6.51. The summed E-state index contributed by atoms with van der Waals surface area (Å²) in [4.78, 5) is 28.2. The van der Waals surface area contributed by atoms with Crippen molar-refractivity contribution < 1.29 is 14.3 Å². The minimum atomic E-state index is -0.310. The lowest BCUT2D eigenvalue weighted by atomic mass is 10.2. The molecule has 0 bridgehead atoms. The zero-order chi connectivity index (χ0) is 18.1. The molecule has 7 heteroatoms. The van der Waals surface area contributed by atoms with Gasteiger partial charge in [-0.2, -0.15) is 0 Å². The van der Waals surface area contributed by atoms with Crippen molar-refractivity contribution in [1.82, 2.24) is 4.98 Å². The average molecular weight is 379 g/mol. The highest BCUT2D eigenvalue weighted by molar-refractivity contribution is 7.99. The van der Waals surface area contributed by atoms with Crippen molar-refractivity contribution in [3.05, 3.63) is 47.0 Å². The molecule has 134 valence electrons. The molecule has 1 aromatic carbocycles. The summed E-state index contributed by atoms with van der Waals surface area (Å²) in [5.74, 6) is 0.426.